The lowest BCUT2D eigenvalue weighted by atomic mass is 9.95. The molecule has 0 bridgehead atoms. The van der Waals surface area contributed by atoms with Gasteiger partial charge in [0, 0.05) is 17.5 Å². The summed E-state index contributed by atoms with van der Waals surface area (Å²) in [5.41, 5.74) is 3.68. The van der Waals surface area contributed by atoms with Crippen LogP contribution in [-0.2, 0) is 6.54 Å². The van der Waals surface area contributed by atoms with Gasteiger partial charge in [-0.1, -0.05) is 81.1 Å². The first kappa shape index (κ1) is 18.6. The van der Waals surface area contributed by atoms with Gasteiger partial charge in [0.05, 0.1) is 0 Å². The van der Waals surface area contributed by atoms with E-state index in [9.17, 15) is 0 Å². The maximum absolute atomic E-state index is 4.40. The van der Waals surface area contributed by atoms with Crippen molar-refractivity contribution in [3.63, 3.8) is 0 Å². The fourth-order valence-electron chi connectivity index (χ4n) is 2.72. The van der Waals surface area contributed by atoms with Gasteiger partial charge >= 0.3 is 0 Å². The minimum absolute atomic E-state index is 0.257. The molecule has 2 heteroatoms. The first-order valence-corrected chi connectivity index (χ1v) is 9.61. The highest BCUT2D eigenvalue weighted by molar-refractivity contribution is 8.02. The van der Waals surface area contributed by atoms with Crippen LogP contribution in [0, 0.1) is 5.92 Å². The van der Waals surface area contributed by atoms with Gasteiger partial charge in [-0.2, -0.15) is 0 Å². The zero-order valence-electron chi connectivity index (χ0n) is 14.8. The summed E-state index contributed by atoms with van der Waals surface area (Å²) in [6.45, 7) is 9.75. The van der Waals surface area contributed by atoms with Crippen molar-refractivity contribution in [1.82, 2.24) is 5.32 Å². The van der Waals surface area contributed by atoms with Crippen LogP contribution in [0.1, 0.15) is 25.0 Å². The molecule has 0 saturated heterocycles. The molecule has 0 radical (unpaired) electrons. The second-order valence-electron chi connectivity index (χ2n) is 6.24. The van der Waals surface area contributed by atoms with Gasteiger partial charge < -0.3 is 5.32 Å². The highest BCUT2D eigenvalue weighted by atomic mass is 32.2. The Morgan fingerprint density at radius 1 is 1.04 bits per heavy atom. The van der Waals surface area contributed by atoms with E-state index >= 15 is 0 Å². The molecule has 1 nitrogen and oxygen atoms in total. The third kappa shape index (κ3) is 5.40. The van der Waals surface area contributed by atoms with Crippen LogP contribution in [-0.4, -0.2) is 12.3 Å². The molecule has 1 N–H and O–H groups in total. The van der Waals surface area contributed by atoms with Crippen LogP contribution >= 0.6 is 11.8 Å². The van der Waals surface area contributed by atoms with Crippen molar-refractivity contribution in [2.24, 2.45) is 5.92 Å². The van der Waals surface area contributed by atoms with Crippen molar-refractivity contribution in [1.29, 1.82) is 0 Å². The molecule has 0 spiro atoms. The number of rotatable bonds is 8. The quantitative estimate of drug-likeness (QED) is 0.615. The van der Waals surface area contributed by atoms with Crippen LogP contribution in [0.25, 0.3) is 6.08 Å². The van der Waals surface area contributed by atoms with Crippen LogP contribution in [0.15, 0.2) is 77.7 Å². The first-order valence-electron chi connectivity index (χ1n) is 8.39. The molecule has 0 aliphatic carbocycles. The van der Waals surface area contributed by atoms with E-state index < -0.39 is 0 Å². The van der Waals surface area contributed by atoms with Crippen LogP contribution in [0.2, 0.25) is 0 Å². The number of thioether (sulfide) groups is 1. The lowest BCUT2D eigenvalue weighted by Gasteiger charge is -2.26. The van der Waals surface area contributed by atoms with Crippen LogP contribution in [0.5, 0.6) is 0 Å². The summed E-state index contributed by atoms with van der Waals surface area (Å²) in [6, 6.07) is 21.2. The van der Waals surface area contributed by atoms with Gasteiger partial charge in [0.1, 0.15) is 0 Å². The Hall–Kier alpha value is -1.77. The third-order valence-corrected chi connectivity index (χ3v) is 4.86. The Kier molecular flexibility index (Phi) is 7.36. The first-order chi connectivity index (χ1) is 11.6. The van der Waals surface area contributed by atoms with E-state index in [1.165, 1.54) is 16.0 Å². The Balaban J connectivity index is 2.13. The van der Waals surface area contributed by atoms with Gasteiger partial charge in [-0.15, -0.1) is 11.8 Å². The molecule has 0 heterocycles. The number of hydrogen-bond acceptors (Lipinski definition) is 2. The van der Waals surface area contributed by atoms with E-state index in [2.05, 4.69) is 92.7 Å². The van der Waals surface area contributed by atoms with E-state index in [1.807, 2.05) is 6.07 Å². The van der Waals surface area contributed by atoms with Gasteiger partial charge in [0.2, 0.25) is 0 Å². The average Bonchev–Trinajstić information content (AvgIpc) is 2.61. The minimum Gasteiger partial charge on any atom is -0.306 e. The molecule has 0 aliphatic rings. The smallest absolute Gasteiger partial charge is 0.0351 e. The molecule has 1 atom stereocenters. The van der Waals surface area contributed by atoms with Crippen LogP contribution in [0.3, 0.4) is 0 Å². The van der Waals surface area contributed by atoms with Crippen LogP contribution in [0.4, 0.5) is 0 Å². The summed E-state index contributed by atoms with van der Waals surface area (Å²) in [6.07, 6.45) is 4.35. The van der Waals surface area contributed by atoms with Crippen molar-refractivity contribution >= 4 is 17.8 Å². The summed E-state index contributed by atoms with van der Waals surface area (Å²) < 4.78 is 0. The standard InChI is InChI=1S/C22H27NS/c1-17(2)22(23-16-20-13-9-6-10-14-20)18(3)21(24-4)15-19-11-7-5-8-12-19/h5-15,17,22-23H,3,16H2,1-2,4H3/b21-15-. The SMILES string of the molecule is C=C(/C(=C/c1ccccc1)SC)C(NCc1ccccc1)C(C)C. The second kappa shape index (κ2) is 9.51. The predicted octanol–water partition coefficient (Wildman–Crippen LogP) is 5.76. The lowest BCUT2D eigenvalue weighted by molar-refractivity contribution is 0.451. The molecule has 1 unspecified atom stereocenters. The van der Waals surface area contributed by atoms with Crippen molar-refractivity contribution in [3.8, 4) is 0 Å². The summed E-state index contributed by atoms with van der Waals surface area (Å²) in [4.78, 5) is 1.24. The van der Waals surface area contributed by atoms with Gasteiger partial charge in [-0.05, 0) is 34.9 Å². The summed E-state index contributed by atoms with van der Waals surface area (Å²) in [5.74, 6) is 0.479. The highest BCUT2D eigenvalue weighted by Crippen LogP contribution is 2.28. The molecule has 24 heavy (non-hydrogen) atoms. The molecule has 0 aromatic heterocycles. The molecule has 0 aliphatic heterocycles. The maximum atomic E-state index is 4.40. The van der Waals surface area contributed by atoms with E-state index in [0.29, 0.717) is 5.92 Å². The Bertz CT molecular complexity index is 659. The Morgan fingerprint density at radius 2 is 1.62 bits per heavy atom. The second-order valence-corrected chi connectivity index (χ2v) is 7.08. The van der Waals surface area contributed by atoms with Crippen molar-refractivity contribution in [2.45, 2.75) is 26.4 Å². The molecule has 0 saturated carbocycles. The summed E-state index contributed by atoms with van der Waals surface area (Å²) in [7, 11) is 0. The molecular formula is C22H27NS. The number of hydrogen-bond donors (Lipinski definition) is 1. The number of benzene rings is 2. The zero-order chi connectivity index (χ0) is 17.4. The average molecular weight is 338 g/mol. The van der Waals surface area contributed by atoms with Crippen molar-refractivity contribution in [2.75, 3.05) is 6.26 Å². The van der Waals surface area contributed by atoms with Gasteiger partial charge in [0.25, 0.3) is 0 Å². The molecule has 2 aromatic rings. The molecule has 126 valence electrons. The molecule has 0 amide bonds. The predicted molar refractivity (Wildman–Crippen MR) is 109 cm³/mol. The largest absolute Gasteiger partial charge is 0.306 e. The fraction of sp³-hybridized carbons (Fsp3) is 0.273. The van der Waals surface area contributed by atoms with Gasteiger partial charge in [0.15, 0.2) is 0 Å². The van der Waals surface area contributed by atoms with E-state index in [-0.39, 0.29) is 6.04 Å². The van der Waals surface area contributed by atoms with Gasteiger partial charge in [-0.25, -0.2) is 0 Å². The third-order valence-electron chi connectivity index (χ3n) is 4.04. The maximum Gasteiger partial charge on any atom is 0.0351 e. The van der Waals surface area contributed by atoms with E-state index in [1.54, 1.807) is 11.8 Å². The Labute approximate surface area is 150 Å². The number of nitrogens with one attached hydrogen (secondary N) is 1. The van der Waals surface area contributed by atoms with Crippen molar-refractivity contribution in [3.05, 3.63) is 88.8 Å². The van der Waals surface area contributed by atoms with Crippen LogP contribution < -0.4 is 5.32 Å². The monoisotopic (exact) mass is 337 g/mol. The molecule has 2 aromatic carbocycles. The normalized spacial score (nSPS) is 13.1. The Morgan fingerprint density at radius 3 is 2.17 bits per heavy atom. The van der Waals surface area contributed by atoms with E-state index in [0.717, 1.165) is 12.1 Å². The fourth-order valence-corrected chi connectivity index (χ4v) is 3.36. The summed E-state index contributed by atoms with van der Waals surface area (Å²) >= 11 is 1.76. The minimum atomic E-state index is 0.257. The summed E-state index contributed by atoms with van der Waals surface area (Å²) in [5, 5.41) is 3.68. The molecular weight excluding hydrogens is 310 g/mol. The van der Waals surface area contributed by atoms with Gasteiger partial charge in [-0.3, -0.25) is 0 Å². The topological polar surface area (TPSA) is 12.0 Å². The van der Waals surface area contributed by atoms with E-state index in [4.69, 9.17) is 0 Å². The lowest BCUT2D eigenvalue weighted by Crippen LogP contribution is -2.35. The highest BCUT2D eigenvalue weighted by Gasteiger charge is 2.19. The molecule has 2 rings (SSSR count). The molecule has 0 fully saturated rings. The zero-order valence-corrected chi connectivity index (χ0v) is 15.6. The van der Waals surface area contributed by atoms with Crippen molar-refractivity contribution < 1.29 is 0 Å².